The summed E-state index contributed by atoms with van der Waals surface area (Å²) in [5, 5.41) is 10.7. The summed E-state index contributed by atoms with van der Waals surface area (Å²) in [7, 11) is 0. The zero-order valence-electron chi connectivity index (χ0n) is 18.9. The Labute approximate surface area is 208 Å². The number of carbonyl (C=O) groups is 2. The Hall–Kier alpha value is -3.61. The molecule has 0 aromatic heterocycles. The number of hydrogen-bond donors (Lipinski definition) is 1. The summed E-state index contributed by atoms with van der Waals surface area (Å²) in [5.41, 5.74) is 3.47. The Morgan fingerprint density at radius 1 is 0.943 bits per heavy atom. The lowest BCUT2D eigenvalue weighted by Gasteiger charge is -2.31. The molecule has 0 amide bonds. The second-order valence-electron chi connectivity index (χ2n) is 8.53. The van der Waals surface area contributed by atoms with Gasteiger partial charge in [-0.2, -0.15) is 0 Å². The summed E-state index contributed by atoms with van der Waals surface area (Å²) in [4.78, 5) is 28.4. The fourth-order valence-corrected chi connectivity index (χ4v) is 4.85. The second-order valence-corrected chi connectivity index (χ2v) is 8.96. The summed E-state index contributed by atoms with van der Waals surface area (Å²) in [5.74, 6) is -1.89. The van der Waals surface area contributed by atoms with Crippen LogP contribution < -0.4 is 4.74 Å². The molecule has 178 valence electrons. The zero-order chi connectivity index (χ0) is 24.4. The van der Waals surface area contributed by atoms with Crippen molar-refractivity contribution in [2.75, 3.05) is 26.3 Å². The molecule has 1 heterocycles. The molecule has 1 aliphatic carbocycles. The van der Waals surface area contributed by atoms with Gasteiger partial charge in [-0.05, 0) is 47.5 Å². The van der Waals surface area contributed by atoms with Gasteiger partial charge in [0, 0.05) is 35.7 Å². The molecular weight excluding hydrogens is 466 g/mol. The molecule has 1 unspecified atom stereocenters. The molecule has 0 radical (unpaired) electrons. The van der Waals surface area contributed by atoms with Crippen molar-refractivity contribution < 1.29 is 24.2 Å². The van der Waals surface area contributed by atoms with E-state index in [1.807, 2.05) is 42.5 Å². The number of Topliss-reactive ketones (excluding diaryl/α,β-unsaturated/α-hetero) is 1. The lowest BCUT2D eigenvalue weighted by Crippen LogP contribution is -2.36. The van der Waals surface area contributed by atoms with Crippen LogP contribution in [0.4, 0.5) is 0 Å². The number of ketones is 1. The van der Waals surface area contributed by atoms with Gasteiger partial charge in [-0.1, -0.05) is 48.0 Å². The number of morpholine rings is 1. The Bertz CT molecular complexity index is 1300. The topological polar surface area (TPSA) is 76.1 Å². The first-order valence-corrected chi connectivity index (χ1v) is 11.8. The van der Waals surface area contributed by atoms with Gasteiger partial charge in [0.25, 0.3) is 0 Å². The smallest absolute Gasteiger partial charge is 0.318 e. The van der Waals surface area contributed by atoms with Crippen LogP contribution in [0.1, 0.15) is 22.6 Å². The highest BCUT2D eigenvalue weighted by molar-refractivity contribution is 6.31. The van der Waals surface area contributed by atoms with E-state index in [0.717, 1.165) is 16.8 Å². The average molecular weight is 490 g/mol. The largest absolute Gasteiger partial charge is 0.480 e. The van der Waals surface area contributed by atoms with Gasteiger partial charge in [-0.3, -0.25) is 9.59 Å². The summed E-state index contributed by atoms with van der Waals surface area (Å²) < 4.78 is 11.4. The van der Waals surface area contributed by atoms with E-state index in [2.05, 4.69) is 4.90 Å². The van der Waals surface area contributed by atoms with Crippen molar-refractivity contribution in [3.8, 4) is 11.5 Å². The summed E-state index contributed by atoms with van der Waals surface area (Å²) in [6.45, 7) is 2.33. The van der Waals surface area contributed by atoms with Gasteiger partial charge in [0.05, 0.1) is 18.9 Å². The van der Waals surface area contributed by atoms with Crippen molar-refractivity contribution in [2.24, 2.45) is 0 Å². The first kappa shape index (κ1) is 23.1. The fraction of sp³-hybridized carbons (Fsp3) is 0.214. The third-order valence-corrected chi connectivity index (χ3v) is 6.52. The molecule has 0 saturated carbocycles. The number of rotatable bonds is 7. The van der Waals surface area contributed by atoms with Gasteiger partial charge in [-0.15, -0.1) is 0 Å². The number of nitrogens with zero attached hydrogens (tertiary/aromatic N) is 1. The molecule has 3 aromatic rings. The number of carboxylic acid groups (broad SMARTS) is 1. The van der Waals surface area contributed by atoms with E-state index in [9.17, 15) is 14.7 Å². The molecule has 1 atom stereocenters. The monoisotopic (exact) mass is 489 g/mol. The molecule has 3 aromatic carbocycles. The molecule has 1 fully saturated rings. The van der Waals surface area contributed by atoms with E-state index in [1.165, 1.54) is 0 Å². The molecule has 1 saturated heterocycles. The minimum Gasteiger partial charge on any atom is -0.480 e. The average Bonchev–Trinajstić information content (AvgIpc) is 3.24. The number of carbonyl (C=O) groups excluding carboxylic acids is 1. The van der Waals surface area contributed by atoms with Crippen LogP contribution in [0, 0.1) is 0 Å². The minimum atomic E-state index is -1.36. The van der Waals surface area contributed by atoms with E-state index in [-0.39, 0.29) is 0 Å². The minimum absolute atomic E-state index is 0.363. The highest BCUT2D eigenvalue weighted by Crippen LogP contribution is 2.40. The Kier molecular flexibility index (Phi) is 6.57. The predicted molar refractivity (Wildman–Crippen MR) is 133 cm³/mol. The molecule has 1 aliphatic heterocycles. The Morgan fingerprint density at radius 3 is 2.43 bits per heavy atom. The summed E-state index contributed by atoms with van der Waals surface area (Å²) >= 11 is 6.29. The maximum absolute atomic E-state index is 13.9. The van der Waals surface area contributed by atoms with E-state index in [0.29, 0.717) is 60.4 Å². The molecule has 7 heteroatoms. The van der Waals surface area contributed by atoms with Crippen LogP contribution in [0.15, 0.2) is 78.4 Å². The summed E-state index contributed by atoms with van der Waals surface area (Å²) in [6, 6.07) is 21.5. The van der Waals surface area contributed by atoms with Crippen molar-refractivity contribution in [2.45, 2.75) is 12.3 Å². The SMILES string of the molecule is O=C(O)C(C(=O)C1=C(N2CCOCC2)c2cc(Cl)ccc2C1)c1cccc(Oc2ccccc2)c1. The number of benzene rings is 3. The van der Waals surface area contributed by atoms with Crippen molar-refractivity contribution in [1.29, 1.82) is 0 Å². The molecule has 0 bridgehead atoms. The van der Waals surface area contributed by atoms with Crippen LogP contribution in [0.25, 0.3) is 5.70 Å². The number of ether oxygens (including phenoxy) is 2. The Balaban J connectivity index is 1.53. The normalized spacial score (nSPS) is 16.1. The maximum Gasteiger partial charge on any atom is 0.318 e. The first-order chi connectivity index (χ1) is 17.0. The molecule has 5 rings (SSSR count). The van der Waals surface area contributed by atoms with Crippen molar-refractivity contribution in [3.63, 3.8) is 0 Å². The molecule has 1 N–H and O–H groups in total. The lowest BCUT2D eigenvalue weighted by molar-refractivity contribution is -0.141. The number of aliphatic carboxylic acids is 1. The standard InChI is InChI=1S/C28H24ClNO5/c29-20-10-9-18-16-24(26(23(18)17-20)30-11-13-34-14-12-30)27(31)25(28(32)33)19-5-4-8-22(15-19)35-21-6-2-1-3-7-21/h1-10,15,17,25H,11-14,16H2,(H,32,33). The van der Waals surface area contributed by atoms with E-state index in [1.54, 1.807) is 30.3 Å². The highest BCUT2D eigenvalue weighted by atomic mass is 35.5. The van der Waals surface area contributed by atoms with Crippen molar-refractivity contribution in [3.05, 3.63) is 100 Å². The second kappa shape index (κ2) is 9.94. The molecule has 0 spiro atoms. The van der Waals surface area contributed by atoms with Crippen LogP contribution in [-0.2, 0) is 20.7 Å². The lowest BCUT2D eigenvalue weighted by atomic mass is 9.89. The molecular formula is C28H24ClNO5. The predicted octanol–water partition coefficient (Wildman–Crippen LogP) is 5.17. The number of halogens is 1. The van der Waals surface area contributed by atoms with Gasteiger partial charge in [0.1, 0.15) is 17.4 Å². The van der Waals surface area contributed by atoms with E-state index < -0.39 is 17.7 Å². The molecule has 2 aliphatic rings. The number of fused-ring (bicyclic) bond motifs is 1. The first-order valence-electron chi connectivity index (χ1n) is 11.5. The number of para-hydroxylation sites is 1. The van der Waals surface area contributed by atoms with Gasteiger partial charge >= 0.3 is 5.97 Å². The van der Waals surface area contributed by atoms with Gasteiger partial charge in [0.2, 0.25) is 0 Å². The quantitative estimate of drug-likeness (QED) is 0.461. The van der Waals surface area contributed by atoms with Crippen LogP contribution in [0.5, 0.6) is 11.5 Å². The number of allylic oxidation sites excluding steroid dienone is 1. The fourth-order valence-electron chi connectivity index (χ4n) is 4.67. The third kappa shape index (κ3) is 4.81. The van der Waals surface area contributed by atoms with Gasteiger partial charge in [0.15, 0.2) is 5.78 Å². The van der Waals surface area contributed by atoms with Crippen LogP contribution in [-0.4, -0.2) is 48.1 Å². The zero-order valence-corrected chi connectivity index (χ0v) is 19.7. The number of hydrogen-bond acceptors (Lipinski definition) is 5. The highest BCUT2D eigenvalue weighted by Gasteiger charge is 2.37. The van der Waals surface area contributed by atoms with E-state index >= 15 is 0 Å². The van der Waals surface area contributed by atoms with Crippen molar-refractivity contribution in [1.82, 2.24) is 4.90 Å². The van der Waals surface area contributed by atoms with Crippen LogP contribution >= 0.6 is 11.6 Å². The van der Waals surface area contributed by atoms with Gasteiger partial charge < -0.3 is 19.5 Å². The summed E-state index contributed by atoms with van der Waals surface area (Å²) in [6.07, 6.45) is 0.363. The molecule has 35 heavy (non-hydrogen) atoms. The van der Waals surface area contributed by atoms with Crippen LogP contribution in [0.2, 0.25) is 5.02 Å². The van der Waals surface area contributed by atoms with Gasteiger partial charge in [-0.25, -0.2) is 0 Å². The maximum atomic E-state index is 13.9. The third-order valence-electron chi connectivity index (χ3n) is 6.28. The Morgan fingerprint density at radius 2 is 1.69 bits per heavy atom. The number of carboxylic acids is 1. The van der Waals surface area contributed by atoms with Crippen LogP contribution in [0.3, 0.4) is 0 Å². The van der Waals surface area contributed by atoms with E-state index in [4.69, 9.17) is 21.1 Å². The van der Waals surface area contributed by atoms with Crippen molar-refractivity contribution >= 4 is 29.1 Å². The molecule has 6 nitrogen and oxygen atoms in total.